The van der Waals surface area contributed by atoms with Crippen molar-refractivity contribution in [1.29, 1.82) is 0 Å². The predicted octanol–water partition coefficient (Wildman–Crippen LogP) is 5.43. The molecule has 1 N–H and O–H groups in total. The fraction of sp³-hybridized carbons (Fsp3) is 0.167. The van der Waals surface area contributed by atoms with E-state index in [1.807, 2.05) is 19.1 Å². The SMILES string of the molecule is CCc1ccc(/C(O)=C2/C(=O)C(=O)N(c3ccc(Cl)cc3)C2c2ccc(C)o2)cc1. The molecule has 1 aliphatic heterocycles. The van der Waals surface area contributed by atoms with E-state index < -0.39 is 17.7 Å². The molecule has 2 heterocycles. The van der Waals surface area contributed by atoms with Gasteiger partial charge in [0.1, 0.15) is 23.3 Å². The number of carbonyl (C=O) groups excluding carboxylic acids is 2. The fourth-order valence-corrected chi connectivity index (χ4v) is 3.75. The van der Waals surface area contributed by atoms with Crippen LogP contribution in [-0.2, 0) is 16.0 Å². The maximum Gasteiger partial charge on any atom is 0.300 e. The second-order valence-corrected chi connectivity index (χ2v) is 7.58. The van der Waals surface area contributed by atoms with E-state index in [4.69, 9.17) is 16.0 Å². The number of aliphatic hydroxyl groups excluding tert-OH is 1. The Labute approximate surface area is 179 Å². The van der Waals surface area contributed by atoms with Gasteiger partial charge in [-0.3, -0.25) is 14.5 Å². The van der Waals surface area contributed by atoms with E-state index in [2.05, 4.69) is 0 Å². The number of benzene rings is 2. The van der Waals surface area contributed by atoms with Gasteiger partial charge < -0.3 is 9.52 Å². The summed E-state index contributed by atoms with van der Waals surface area (Å²) in [6.45, 7) is 3.81. The van der Waals surface area contributed by atoms with Gasteiger partial charge in [0, 0.05) is 16.3 Å². The van der Waals surface area contributed by atoms with Gasteiger partial charge in [-0.15, -0.1) is 0 Å². The second kappa shape index (κ2) is 7.84. The molecule has 3 aromatic rings. The smallest absolute Gasteiger partial charge is 0.300 e. The van der Waals surface area contributed by atoms with Crippen molar-refractivity contribution in [2.24, 2.45) is 0 Å². The first kappa shape index (κ1) is 20.0. The van der Waals surface area contributed by atoms with Crippen molar-refractivity contribution in [2.45, 2.75) is 26.3 Å². The van der Waals surface area contributed by atoms with Gasteiger partial charge in [-0.25, -0.2) is 0 Å². The lowest BCUT2D eigenvalue weighted by Gasteiger charge is -2.23. The number of halogens is 1. The lowest BCUT2D eigenvalue weighted by atomic mass is 9.98. The molecule has 1 aliphatic rings. The summed E-state index contributed by atoms with van der Waals surface area (Å²) in [5, 5.41) is 11.5. The van der Waals surface area contributed by atoms with Gasteiger partial charge in [0.2, 0.25) is 0 Å². The van der Waals surface area contributed by atoms with Crippen LogP contribution >= 0.6 is 11.6 Å². The topological polar surface area (TPSA) is 70.8 Å². The van der Waals surface area contributed by atoms with Gasteiger partial charge in [0.15, 0.2) is 0 Å². The summed E-state index contributed by atoms with van der Waals surface area (Å²) in [7, 11) is 0. The first-order chi connectivity index (χ1) is 14.4. The summed E-state index contributed by atoms with van der Waals surface area (Å²) in [5.41, 5.74) is 2.05. The van der Waals surface area contributed by atoms with Crippen molar-refractivity contribution in [1.82, 2.24) is 0 Å². The van der Waals surface area contributed by atoms with Crippen LogP contribution in [0.1, 0.15) is 35.6 Å². The summed E-state index contributed by atoms with van der Waals surface area (Å²) < 4.78 is 5.77. The molecule has 4 rings (SSSR count). The van der Waals surface area contributed by atoms with Gasteiger partial charge >= 0.3 is 0 Å². The molecule has 1 aromatic heterocycles. The minimum absolute atomic E-state index is 0.00597. The van der Waals surface area contributed by atoms with Crippen LogP contribution in [0.25, 0.3) is 5.76 Å². The van der Waals surface area contributed by atoms with Crippen molar-refractivity contribution < 1.29 is 19.1 Å². The Morgan fingerprint density at radius 1 is 1.03 bits per heavy atom. The van der Waals surface area contributed by atoms with E-state index in [0.717, 1.165) is 12.0 Å². The highest BCUT2D eigenvalue weighted by molar-refractivity contribution is 6.51. The van der Waals surface area contributed by atoms with Gasteiger partial charge in [-0.05, 0) is 55.3 Å². The standard InChI is InChI=1S/C24H20ClNO4/c1-3-15-5-7-16(8-6-15)22(27)20-21(19-13-4-14(2)30-19)26(24(29)23(20)28)18-11-9-17(25)10-12-18/h4-13,21,27H,3H2,1-2H3/b22-20-. The number of hydrogen-bond acceptors (Lipinski definition) is 4. The van der Waals surface area contributed by atoms with Crippen LogP contribution in [0.3, 0.4) is 0 Å². The van der Waals surface area contributed by atoms with Crippen LogP contribution < -0.4 is 4.90 Å². The molecule has 1 saturated heterocycles. The second-order valence-electron chi connectivity index (χ2n) is 7.14. The molecular weight excluding hydrogens is 402 g/mol. The van der Waals surface area contributed by atoms with Crippen LogP contribution in [0.15, 0.2) is 70.7 Å². The Morgan fingerprint density at radius 3 is 2.27 bits per heavy atom. The zero-order valence-electron chi connectivity index (χ0n) is 16.6. The minimum Gasteiger partial charge on any atom is -0.507 e. The Balaban J connectivity index is 1.90. The first-order valence-corrected chi connectivity index (χ1v) is 10.0. The summed E-state index contributed by atoms with van der Waals surface area (Å²) in [6.07, 6.45) is 0.855. The number of hydrogen-bond donors (Lipinski definition) is 1. The maximum absolute atomic E-state index is 13.0. The third kappa shape index (κ3) is 3.42. The number of anilines is 1. The predicted molar refractivity (Wildman–Crippen MR) is 115 cm³/mol. The number of aliphatic hydroxyl groups is 1. The number of rotatable bonds is 4. The van der Waals surface area contributed by atoms with Crippen LogP contribution in [-0.4, -0.2) is 16.8 Å². The van der Waals surface area contributed by atoms with Crippen LogP contribution in [0, 0.1) is 6.92 Å². The largest absolute Gasteiger partial charge is 0.507 e. The van der Waals surface area contributed by atoms with Gasteiger partial charge in [-0.2, -0.15) is 0 Å². The summed E-state index contributed by atoms with van der Waals surface area (Å²) in [5.74, 6) is -0.692. The van der Waals surface area contributed by atoms with E-state index in [0.29, 0.717) is 27.8 Å². The third-order valence-corrected chi connectivity index (χ3v) is 5.47. The maximum atomic E-state index is 13.0. The number of aryl methyl sites for hydroxylation is 2. The monoisotopic (exact) mass is 421 g/mol. The number of nitrogens with zero attached hydrogens (tertiary/aromatic N) is 1. The molecule has 1 amide bonds. The average Bonchev–Trinajstić information content (AvgIpc) is 3.29. The molecule has 0 bridgehead atoms. The van der Waals surface area contributed by atoms with E-state index in [1.54, 1.807) is 55.5 Å². The fourth-order valence-electron chi connectivity index (χ4n) is 3.62. The molecule has 5 nitrogen and oxygen atoms in total. The molecule has 1 atom stereocenters. The molecule has 0 aliphatic carbocycles. The summed E-state index contributed by atoms with van der Waals surface area (Å²) in [4.78, 5) is 27.3. The van der Waals surface area contributed by atoms with E-state index in [9.17, 15) is 14.7 Å². The molecule has 0 radical (unpaired) electrons. The Bertz CT molecular complexity index is 1140. The van der Waals surface area contributed by atoms with Crippen LogP contribution in [0.4, 0.5) is 5.69 Å². The van der Waals surface area contributed by atoms with Crippen molar-refractivity contribution in [3.05, 3.63) is 93.9 Å². The minimum atomic E-state index is -0.884. The molecular formula is C24H20ClNO4. The number of carbonyl (C=O) groups is 2. The van der Waals surface area contributed by atoms with Crippen molar-refractivity contribution in [2.75, 3.05) is 4.90 Å². The number of amides is 1. The average molecular weight is 422 g/mol. The number of ketones is 1. The lowest BCUT2D eigenvalue weighted by molar-refractivity contribution is -0.132. The zero-order valence-corrected chi connectivity index (χ0v) is 17.3. The summed E-state index contributed by atoms with van der Waals surface area (Å²) >= 11 is 5.99. The molecule has 1 fully saturated rings. The van der Waals surface area contributed by atoms with Crippen molar-refractivity contribution in [3.8, 4) is 0 Å². The van der Waals surface area contributed by atoms with Crippen LogP contribution in [0.2, 0.25) is 5.02 Å². The normalized spacial score (nSPS) is 18.2. The molecule has 0 spiro atoms. The van der Waals surface area contributed by atoms with Gasteiger partial charge in [-0.1, -0.05) is 42.8 Å². The highest BCUT2D eigenvalue weighted by Crippen LogP contribution is 2.42. The van der Waals surface area contributed by atoms with E-state index >= 15 is 0 Å². The highest BCUT2D eigenvalue weighted by Gasteiger charge is 2.48. The Morgan fingerprint density at radius 2 is 1.70 bits per heavy atom. The Hall–Kier alpha value is -3.31. The molecule has 152 valence electrons. The molecule has 0 saturated carbocycles. The molecule has 30 heavy (non-hydrogen) atoms. The summed E-state index contributed by atoms with van der Waals surface area (Å²) in [6, 6.07) is 16.4. The number of Topliss-reactive ketones (excluding diaryl/α,β-unsaturated/α-hetero) is 1. The van der Waals surface area contributed by atoms with Crippen molar-refractivity contribution >= 4 is 34.7 Å². The van der Waals surface area contributed by atoms with E-state index in [-0.39, 0.29) is 11.3 Å². The molecule has 6 heteroatoms. The quantitative estimate of drug-likeness (QED) is 0.346. The molecule has 2 aromatic carbocycles. The Kier molecular flexibility index (Phi) is 5.22. The van der Waals surface area contributed by atoms with Gasteiger partial charge in [0.05, 0.1) is 5.57 Å². The first-order valence-electron chi connectivity index (χ1n) is 9.63. The molecule has 1 unspecified atom stereocenters. The van der Waals surface area contributed by atoms with Gasteiger partial charge in [0.25, 0.3) is 11.7 Å². The zero-order chi connectivity index (χ0) is 21.4. The van der Waals surface area contributed by atoms with Crippen molar-refractivity contribution in [3.63, 3.8) is 0 Å². The van der Waals surface area contributed by atoms with E-state index in [1.165, 1.54) is 4.90 Å². The van der Waals surface area contributed by atoms with Crippen LogP contribution in [0.5, 0.6) is 0 Å². The highest BCUT2D eigenvalue weighted by atomic mass is 35.5. The third-order valence-electron chi connectivity index (χ3n) is 5.22. The lowest BCUT2D eigenvalue weighted by Crippen LogP contribution is -2.29. The number of furan rings is 1.